The normalized spacial score (nSPS) is 8.20. The topological polar surface area (TPSA) is 9.23 Å². The summed E-state index contributed by atoms with van der Waals surface area (Å²) in [5.41, 5.74) is 0. The summed E-state index contributed by atoms with van der Waals surface area (Å²) >= 11 is 8.40. The molecule has 0 aliphatic carbocycles. The maximum atomic E-state index is 4.94. The number of thiocarbonyl (C=S) groups is 1. The van der Waals surface area contributed by atoms with Gasteiger partial charge < -0.3 is 4.74 Å². The van der Waals surface area contributed by atoms with Crippen LogP contribution in [0.5, 0.6) is 0 Å². The Labute approximate surface area is 85.5 Å². The molecule has 0 aliphatic heterocycles. The summed E-state index contributed by atoms with van der Waals surface area (Å²) in [5, 5.41) is 0. The third kappa shape index (κ3) is 11.6. The molecule has 0 heterocycles. The molecule has 0 unspecified atom stereocenters. The van der Waals surface area contributed by atoms with Gasteiger partial charge in [0.1, 0.15) is 0 Å². The molecular weight excluding hydrogens is 159 g/mol. The average Bonchev–Trinajstić information content (AvgIpc) is 1.80. The molecule has 0 radical (unpaired) electrons. The Bertz CT molecular complexity index is 87.8. The monoisotopic (exact) mass is 172 g/mol. The van der Waals surface area contributed by atoms with Crippen LogP contribution in [0.15, 0.2) is 0 Å². The molecule has 0 amide bonds. The Balaban J connectivity index is 0. The van der Waals surface area contributed by atoms with E-state index in [-0.39, 0.29) is 18.9 Å². The van der Waals surface area contributed by atoms with Crippen LogP contribution in [0.2, 0.25) is 0 Å². The Morgan fingerprint density at radius 3 is 2.50 bits per heavy atom. The molecule has 0 saturated heterocycles. The van der Waals surface area contributed by atoms with E-state index in [1.165, 1.54) is 12.8 Å². The van der Waals surface area contributed by atoms with E-state index in [2.05, 4.69) is 31.8 Å². The van der Waals surface area contributed by atoms with Gasteiger partial charge in [0.25, 0.3) is 0 Å². The Hall–Kier alpha value is 0.837. The van der Waals surface area contributed by atoms with Gasteiger partial charge in [-0.05, 0) is 18.6 Å². The molecule has 0 aliphatic rings. The standard InChI is InChI=1S/C6H12OS2.Li.H/c1-2-3-4-5-7-6(8)9;;/h2-5H2,1H3,(H,8,9);;. The van der Waals surface area contributed by atoms with Gasteiger partial charge in [0.05, 0.1) is 6.61 Å². The first-order valence-corrected chi connectivity index (χ1v) is 3.98. The molecule has 0 fully saturated rings. The molecular formula is C6H13LiOS2. The molecule has 0 bridgehead atoms. The maximum absolute atomic E-state index is 4.94. The fourth-order valence-electron chi connectivity index (χ4n) is 0.512. The van der Waals surface area contributed by atoms with Crippen LogP contribution in [0.4, 0.5) is 0 Å². The van der Waals surface area contributed by atoms with E-state index in [0.717, 1.165) is 13.0 Å². The Morgan fingerprint density at radius 2 is 2.10 bits per heavy atom. The van der Waals surface area contributed by atoms with E-state index >= 15 is 0 Å². The number of hydrogen-bond donors (Lipinski definition) is 1. The minimum atomic E-state index is 0. The van der Waals surface area contributed by atoms with Crippen molar-refractivity contribution in [1.29, 1.82) is 0 Å². The number of hydrogen-bond acceptors (Lipinski definition) is 2. The van der Waals surface area contributed by atoms with Crippen LogP contribution in [-0.4, -0.2) is 29.9 Å². The zero-order chi connectivity index (χ0) is 7.11. The molecule has 0 saturated carbocycles. The molecule has 0 aromatic rings. The van der Waals surface area contributed by atoms with Crippen molar-refractivity contribution in [2.24, 2.45) is 0 Å². The van der Waals surface area contributed by atoms with Gasteiger partial charge in [-0.25, -0.2) is 0 Å². The van der Waals surface area contributed by atoms with Crippen molar-refractivity contribution < 1.29 is 4.74 Å². The predicted molar refractivity (Wildman–Crippen MR) is 54.2 cm³/mol. The van der Waals surface area contributed by atoms with Crippen molar-refractivity contribution in [3.05, 3.63) is 0 Å². The van der Waals surface area contributed by atoms with E-state index in [1.54, 1.807) is 0 Å². The predicted octanol–water partition coefficient (Wildman–Crippen LogP) is 1.76. The van der Waals surface area contributed by atoms with Crippen molar-refractivity contribution in [1.82, 2.24) is 0 Å². The van der Waals surface area contributed by atoms with Gasteiger partial charge in [-0.1, -0.05) is 32.4 Å². The molecule has 56 valence electrons. The van der Waals surface area contributed by atoms with E-state index < -0.39 is 0 Å². The quantitative estimate of drug-likeness (QED) is 0.299. The van der Waals surface area contributed by atoms with Gasteiger partial charge in [0, 0.05) is 0 Å². The average molecular weight is 172 g/mol. The second-order valence-electron chi connectivity index (χ2n) is 1.82. The summed E-state index contributed by atoms with van der Waals surface area (Å²) in [4.78, 5) is 0. The van der Waals surface area contributed by atoms with Crippen molar-refractivity contribution in [3.63, 3.8) is 0 Å². The summed E-state index contributed by atoms with van der Waals surface area (Å²) < 4.78 is 5.29. The van der Waals surface area contributed by atoms with Crippen LogP contribution < -0.4 is 0 Å². The molecule has 1 nitrogen and oxygen atoms in total. The zero-order valence-electron chi connectivity index (χ0n) is 5.59. The number of rotatable bonds is 4. The van der Waals surface area contributed by atoms with Crippen LogP contribution in [0.3, 0.4) is 0 Å². The van der Waals surface area contributed by atoms with Crippen molar-refractivity contribution in [2.75, 3.05) is 6.61 Å². The first-order valence-electron chi connectivity index (χ1n) is 3.13. The van der Waals surface area contributed by atoms with Gasteiger partial charge in [-0.15, -0.1) is 0 Å². The van der Waals surface area contributed by atoms with Gasteiger partial charge in [0.2, 0.25) is 4.38 Å². The fourth-order valence-corrected chi connectivity index (χ4v) is 0.686. The van der Waals surface area contributed by atoms with Gasteiger partial charge >= 0.3 is 18.9 Å². The molecule has 0 spiro atoms. The van der Waals surface area contributed by atoms with Crippen molar-refractivity contribution in [2.45, 2.75) is 26.2 Å². The molecule has 0 rings (SSSR count). The van der Waals surface area contributed by atoms with Gasteiger partial charge in [0.15, 0.2) is 0 Å². The van der Waals surface area contributed by atoms with Crippen LogP contribution in [0.25, 0.3) is 0 Å². The second kappa shape index (κ2) is 9.84. The van der Waals surface area contributed by atoms with Gasteiger partial charge in [-0.2, -0.15) is 0 Å². The number of unbranched alkanes of at least 4 members (excludes halogenated alkanes) is 2. The van der Waals surface area contributed by atoms with Crippen LogP contribution >= 0.6 is 24.8 Å². The molecule has 0 atom stereocenters. The zero-order valence-corrected chi connectivity index (χ0v) is 7.30. The SMILES string of the molecule is CCCCCOC(=S)S.[LiH]. The summed E-state index contributed by atoms with van der Waals surface area (Å²) in [7, 11) is 0. The minimum absolute atomic E-state index is 0. The molecule has 4 heteroatoms. The summed E-state index contributed by atoms with van der Waals surface area (Å²) in [6.07, 6.45) is 3.50. The van der Waals surface area contributed by atoms with Crippen LogP contribution in [-0.2, 0) is 4.74 Å². The van der Waals surface area contributed by atoms with Crippen molar-refractivity contribution in [3.8, 4) is 0 Å². The van der Waals surface area contributed by atoms with E-state index in [9.17, 15) is 0 Å². The molecule has 0 N–H and O–H groups in total. The van der Waals surface area contributed by atoms with E-state index in [4.69, 9.17) is 4.74 Å². The summed E-state index contributed by atoms with van der Waals surface area (Å²) in [6.45, 7) is 2.87. The van der Waals surface area contributed by atoms with Crippen LogP contribution in [0.1, 0.15) is 26.2 Å². The van der Waals surface area contributed by atoms with E-state index in [1.807, 2.05) is 0 Å². The van der Waals surface area contributed by atoms with Crippen LogP contribution in [0, 0.1) is 0 Å². The number of ether oxygens (including phenoxy) is 1. The molecule has 0 aromatic carbocycles. The van der Waals surface area contributed by atoms with E-state index in [0.29, 0.717) is 4.38 Å². The summed E-state index contributed by atoms with van der Waals surface area (Å²) in [6, 6.07) is 0. The fraction of sp³-hybridized carbons (Fsp3) is 0.833. The Morgan fingerprint density at radius 1 is 1.50 bits per heavy atom. The number of thiol groups is 1. The third-order valence-electron chi connectivity index (χ3n) is 0.973. The summed E-state index contributed by atoms with van der Waals surface area (Å²) in [5.74, 6) is 0. The third-order valence-corrected chi connectivity index (χ3v) is 1.22. The molecule has 10 heavy (non-hydrogen) atoms. The second-order valence-corrected chi connectivity index (χ2v) is 2.90. The Kier molecular flexibility index (Phi) is 13.2. The van der Waals surface area contributed by atoms with Crippen molar-refractivity contribution >= 4 is 48.1 Å². The van der Waals surface area contributed by atoms with Gasteiger partial charge in [-0.3, -0.25) is 0 Å². The molecule has 0 aromatic heterocycles. The first-order chi connectivity index (χ1) is 4.27. The first kappa shape index (κ1) is 13.4.